The maximum Gasteiger partial charge on any atom is 0.245 e. The Morgan fingerprint density at radius 3 is 2.33 bits per heavy atom. The van der Waals surface area contributed by atoms with Crippen molar-refractivity contribution in [1.29, 1.82) is 5.41 Å². The lowest BCUT2D eigenvalue weighted by atomic mass is 10.1. The highest BCUT2D eigenvalue weighted by Gasteiger charge is 2.33. The number of ketones is 1. The van der Waals surface area contributed by atoms with E-state index >= 15 is 0 Å². The topological polar surface area (TPSA) is 148 Å². The van der Waals surface area contributed by atoms with Gasteiger partial charge in [-0.3, -0.25) is 19.2 Å². The molecule has 0 spiro atoms. The van der Waals surface area contributed by atoms with Crippen LogP contribution in [0.25, 0.3) is 0 Å². The number of nitrogens with one attached hydrogen (secondary N) is 4. The Bertz CT molecular complexity index is 795. The summed E-state index contributed by atoms with van der Waals surface area (Å²) in [6.45, 7) is -0.570. The minimum Gasteiger partial charge on any atom is -0.394 e. The molecule has 9 nitrogen and oxygen atoms in total. The molecule has 2 rings (SSSR count). The Morgan fingerprint density at radius 2 is 1.77 bits per heavy atom. The van der Waals surface area contributed by atoms with Crippen LogP contribution in [0.4, 0.5) is 4.39 Å². The monoisotopic (exact) mass is 420 g/mol. The third kappa shape index (κ3) is 7.36. The summed E-state index contributed by atoms with van der Waals surface area (Å²) in [5, 5.41) is 23.9. The first-order valence-electron chi connectivity index (χ1n) is 9.61. The maximum atomic E-state index is 13.0. The SMILES string of the molecule is N=CC(=O)CC[C@H](NC(=O)[C@H](CO)NC(=O)C1CC1)C(=O)NCc1ccc(F)cc1. The average molecular weight is 420 g/mol. The van der Waals surface area contributed by atoms with Gasteiger partial charge in [-0.15, -0.1) is 0 Å². The van der Waals surface area contributed by atoms with Crippen LogP contribution in [-0.2, 0) is 25.7 Å². The molecule has 0 unspecified atom stereocenters. The number of hydrogen-bond donors (Lipinski definition) is 5. The molecule has 1 aliphatic carbocycles. The van der Waals surface area contributed by atoms with Crippen molar-refractivity contribution in [3.05, 3.63) is 35.6 Å². The van der Waals surface area contributed by atoms with Gasteiger partial charge >= 0.3 is 0 Å². The number of benzene rings is 1. The zero-order valence-electron chi connectivity index (χ0n) is 16.3. The van der Waals surface area contributed by atoms with Crippen LogP contribution >= 0.6 is 0 Å². The molecular formula is C20H25FN4O5. The van der Waals surface area contributed by atoms with E-state index in [-0.39, 0.29) is 31.2 Å². The van der Waals surface area contributed by atoms with Crippen molar-refractivity contribution < 1.29 is 28.7 Å². The standard InChI is InChI=1S/C20H25FN4O5/c21-14-5-1-12(2-6-14)10-23-19(29)16(8-7-15(27)9-22)24-20(30)17(11-26)25-18(28)13-3-4-13/h1-2,5-6,9,13,16-17,22,26H,3-4,7-8,10-11H2,(H,23,29)(H,24,30)(H,25,28)/t16-,17-/m0/s1. The lowest BCUT2D eigenvalue weighted by Crippen LogP contribution is -2.55. The fraction of sp³-hybridized carbons (Fsp3) is 0.450. The van der Waals surface area contributed by atoms with Crippen LogP contribution < -0.4 is 16.0 Å². The molecule has 1 aliphatic rings. The number of hydrogen-bond acceptors (Lipinski definition) is 6. The molecule has 0 aromatic heterocycles. The van der Waals surface area contributed by atoms with Crippen LogP contribution in [0.15, 0.2) is 24.3 Å². The smallest absolute Gasteiger partial charge is 0.245 e. The minimum atomic E-state index is -1.22. The zero-order valence-corrected chi connectivity index (χ0v) is 16.3. The second-order valence-corrected chi connectivity index (χ2v) is 7.07. The van der Waals surface area contributed by atoms with E-state index in [0.717, 1.165) is 12.8 Å². The number of halogens is 1. The van der Waals surface area contributed by atoms with Crippen molar-refractivity contribution in [1.82, 2.24) is 16.0 Å². The molecule has 162 valence electrons. The summed E-state index contributed by atoms with van der Waals surface area (Å²) >= 11 is 0. The van der Waals surface area contributed by atoms with E-state index in [1.54, 1.807) is 0 Å². The van der Waals surface area contributed by atoms with Crippen molar-refractivity contribution in [3.63, 3.8) is 0 Å². The first-order valence-corrected chi connectivity index (χ1v) is 9.61. The number of aliphatic hydroxyl groups is 1. The molecule has 0 radical (unpaired) electrons. The van der Waals surface area contributed by atoms with Gasteiger partial charge in [-0.2, -0.15) is 0 Å². The summed E-state index contributed by atoms with van der Waals surface area (Å²) in [4.78, 5) is 48.3. The van der Waals surface area contributed by atoms with Gasteiger partial charge in [0.05, 0.1) is 12.8 Å². The van der Waals surface area contributed by atoms with Crippen molar-refractivity contribution in [2.75, 3.05) is 6.61 Å². The van der Waals surface area contributed by atoms with Gasteiger partial charge in [0.1, 0.15) is 17.9 Å². The molecule has 0 saturated heterocycles. The number of carbonyl (C=O) groups excluding carboxylic acids is 4. The summed E-state index contributed by atoms with van der Waals surface area (Å²) < 4.78 is 13.0. The average Bonchev–Trinajstić information content (AvgIpc) is 3.59. The molecule has 0 aliphatic heterocycles. The van der Waals surface area contributed by atoms with Gasteiger partial charge in [-0.05, 0) is 37.0 Å². The van der Waals surface area contributed by atoms with Gasteiger partial charge in [-0.1, -0.05) is 12.1 Å². The largest absolute Gasteiger partial charge is 0.394 e. The van der Waals surface area contributed by atoms with Crippen LogP contribution in [-0.4, -0.2) is 53.5 Å². The lowest BCUT2D eigenvalue weighted by molar-refractivity contribution is -0.133. The Balaban J connectivity index is 1.98. The van der Waals surface area contributed by atoms with Gasteiger partial charge in [0.15, 0.2) is 5.78 Å². The highest BCUT2D eigenvalue weighted by Crippen LogP contribution is 2.28. The number of carbonyl (C=O) groups is 4. The zero-order chi connectivity index (χ0) is 22.1. The first-order chi connectivity index (χ1) is 14.3. The van der Waals surface area contributed by atoms with Crippen LogP contribution in [0.2, 0.25) is 0 Å². The summed E-state index contributed by atoms with van der Waals surface area (Å²) in [5.41, 5.74) is 0.635. The molecular weight excluding hydrogens is 395 g/mol. The molecule has 5 N–H and O–H groups in total. The van der Waals surface area contributed by atoms with Gasteiger partial charge in [0.25, 0.3) is 0 Å². The van der Waals surface area contributed by atoms with Crippen LogP contribution in [0, 0.1) is 17.1 Å². The predicted molar refractivity (Wildman–Crippen MR) is 105 cm³/mol. The van der Waals surface area contributed by atoms with E-state index in [4.69, 9.17) is 5.41 Å². The van der Waals surface area contributed by atoms with Crippen molar-refractivity contribution in [3.8, 4) is 0 Å². The number of rotatable bonds is 12. The molecule has 1 aromatic carbocycles. The number of aliphatic hydroxyl groups excluding tert-OH is 1. The normalized spacial score (nSPS) is 14.9. The van der Waals surface area contributed by atoms with E-state index in [2.05, 4.69) is 16.0 Å². The second kappa shape index (κ2) is 11.1. The second-order valence-electron chi connectivity index (χ2n) is 7.07. The van der Waals surface area contributed by atoms with E-state index in [1.165, 1.54) is 24.3 Å². The Hall–Kier alpha value is -3.14. The highest BCUT2D eigenvalue weighted by molar-refractivity contribution is 6.26. The first kappa shape index (κ1) is 23.1. The van der Waals surface area contributed by atoms with E-state index in [9.17, 15) is 28.7 Å². The van der Waals surface area contributed by atoms with Crippen LogP contribution in [0.1, 0.15) is 31.2 Å². The Morgan fingerprint density at radius 1 is 1.10 bits per heavy atom. The molecule has 0 heterocycles. The summed E-state index contributed by atoms with van der Waals surface area (Å²) in [5.74, 6) is -2.76. The molecule has 2 atom stereocenters. The van der Waals surface area contributed by atoms with Crippen LogP contribution in [0.5, 0.6) is 0 Å². The molecule has 1 saturated carbocycles. The fourth-order valence-electron chi connectivity index (χ4n) is 2.64. The lowest BCUT2D eigenvalue weighted by Gasteiger charge is -2.22. The predicted octanol–water partition coefficient (Wildman–Crippen LogP) is -0.187. The van der Waals surface area contributed by atoms with Gasteiger partial charge in [0.2, 0.25) is 17.7 Å². The fourth-order valence-corrected chi connectivity index (χ4v) is 2.64. The molecule has 1 fully saturated rings. The Labute approximate surface area is 172 Å². The van der Waals surface area contributed by atoms with Crippen LogP contribution in [0.3, 0.4) is 0 Å². The highest BCUT2D eigenvalue weighted by atomic mass is 19.1. The van der Waals surface area contributed by atoms with Gasteiger partial charge in [0, 0.05) is 18.9 Å². The van der Waals surface area contributed by atoms with Gasteiger partial charge in [-0.25, -0.2) is 4.39 Å². The molecule has 1 aromatic rings. The maximum absolute atomic E-state index is 13.0. The van der Waals surface area contributed by atoms with Crippen molar-refractivity contribution in [2.45, 2.75) is 44.3 Å². The third-order valence-electron chi connectivity index (χ3n) is 4.62. The summed E-state index contributed by atoms with van der Waals surface area (Å²) in [6, 6.07) is 3.15. The number of Topliss-reactive ketones (excluding diaryl/α,β-unsaturated/α-hetero) is 1. The minimum absolute atomic E-state index is 0.0656. The third-order valence-corrected chi connectivity index (χ3v) is 4.62. The summed E-state index contributed by atoms with van der Waals surface area (Å²) in [6.07, 6.45) is 1.87. The molecule has 10 heteroatoms. The number of amides is 3. The summed E-state index contributed by atoms with van der Waals surface area (Å²) in [7, 11) is 0. The van der Waals surface area contributed by atoms with Crippen molar-refractivity contribution >= 4 is 29.7 Å². The van der Waals surface area contributed by atoms with Crippen molar-refractivity contribution in [2.24, 2.45) is 5.92 Å². The Kier molecular flexibility index (Phi) is 8.60. The van der Waals surface area contributed by atoms with E-state index in [0.29, 0.717) is 11.8 Å². The molecule has 30 heavy (non-hydrogen) atoms. The van der Waals surface area contributed by atoms with E-state index in [1.807, 2.05) is 0 Å². The van der Waals surface area contributed by atoms with Gasteiger partial charge < -0.3 is 26.5 Å². The van der Waals surface area contributed by atoms with E-state index < -0.39 is 42.1 Å². The molecule has 0 bridgehead atoms. The quantitative estimate of drug-likeness (QED) is 0.297. The molecule has 3 amide bonds.